The number of nitrogens with one attached hydrogen (secondary N) is 2. The number of hydrogen-bond acceptors (Lipinski definition) is 4. The van der Waals surface area contributed by atoms with Crippen molar-refractivity contribution >= 4 is 5.95 Å². The van der Waals surface area contributed by atoms with Gasteiger partial charge in [-0.05, 0) is 20.8 Å². The number of aromatic amines is 1. The molecule has 2 aromatic heterocycles. The van der Waals surface area contributed by atoms with E-state index in [1.54, 1.807) is 12.4 Å². The van der Waals surface area contributed by atoms with Gasteiger partial charge >= 0.3 is 0 Å². The number of aryl methyl sites for hydroxylation is 2. The average Bonchev–Trinajstić information content (AvgIpc) is 2.77. The van der Waals surface area contributed by atoms with E-state index in [4.69, 9.17) is 4.52 Å². The first-order valence-corrected chi connectivity index (χ1v) is 4.87. The molecule has 0 radical (unpaired) electrons. The molecule has 2 heterocycles. The third-order valence-corrected chi connectivity index (χ3v) is 2.37. The van der Waals surface area contributed by atoms with Crippen molar-refractivity contribution in [1.82, 2.24) is 15.1 Å². The maximum absolute atomic E-state index is 5.11. The first kappa shape index (κ1) is 9.76. The Balaban J connectivity index is 2.18. The maximum Gasteiger partial charge on any atom is 0.200 e. The van der Waals surface area contributed by atoms with E-state index >= 15 is 0 Å². The Morgan fingerprint density at radius 2 is 2.27 bits per heavy atom. The molecule has 2 N–H and O–H groups in total. The highest BCUT2D eigenvalue weighted by atomic mass is 16.5. The van der Waals surface area contributed by atoms with Gasteiger partial charge in [0.05, 0.1) is 11.7 Å². The number of rotatable bonds is 3. The van der Waals surface area contributed by atoms with Crippen molar-refractivity contribution in [3.63, 3.8) is 0 Å². The molecule has 2 aromatic rings. The minimum Gasteiger partial charge on any atom is -0.361 e. The number of nitrogens with zero attached hydrogens (tertiary/aromatic N) is 2. The molecule has 80 valence electrons. The van der Waals surface area contributed by atoms with Gasteiger partial charge in [0.25, 0.3) is 0 Å². The smallest absolute Gasteiger partial charge is 0.200 e. The van der Waals surface area contributed by atoms with E-state index in [1.165, 1.54) is 0 Å². The Kier molecular flexibility index (Phi) is 2.45. The summed E-state index contributed by atoms with van der Waals surface area (Å²) in [6.07, 6.45) is 3.49. The zero-order valence-electron chi connectivity index (χ0n) is 9.03. The van der Waals surface area contributed by atoms with Crippen molar-refractivity contribution in [1.29, 1.82) is 0 Å². The fraction of sp³-hybridized carbons (Fsp3) is 0.400. The number of hydrogen-bond donors (Lipinski definition) is 2. The van der Waals surface area contributed by atoms with E-state index < -0.39 is 0 Å². The van der Waals surface area contributed by atoms with Gasteiger partial charge < -0.3 is 14.8 Å². The van der Waals surface area contributed by atoms with E-state index in [9.17, 15) is 0 Å². The minimum atomic E-state index is 0.127. The number of H-pyrrole nitrogens is 1. The lowest BCUT2D eigenvalue weighted by Gasteiger charge is -2.12. The maximum atomic E-state index is 5.11. The number of aromatic nitrogens is 3. The van der Waals surface area contributed by atoms with Crippen molar-refractivity contribution in [3.05, 3.63) is 29.4 Å². The Labute approximate surface area is 87.9 Å². The second-order valence-electron chi connectivity index (χ2n) is 3.54. The highest BCUT2D eigenvalue weighted by Gasteiger charge is 2.16. The van der Waals surface area contributed by atoms with Crippen LogP contribution in [-0.2, 0) is 0 Å². The van der Waals surface area contributed by atoms with Crippen molar-refractivity contribution in [3.8, 4) is 0 Å². The van der Waals surface area contributed by atoms with Gasteiger partial charge in [0.15, 0.2) is 0 Å². The number of anilines is 1. The molecule has 0 aliphatic carbocycles. The zero-order chi connectivity index (χ0) is 10.8. The van der Waals surface area contributed by atoms with E-state index in [0.717, 1.165) is 23.0 Å². The molecule has 5 heteroatoms. The number of imidazole rings is 1. The van der Waals surface area contributed by atoms with Gasteiger partial charge in [-0.15, -0.1) is 0 Å². The fourth-order valence-electron chi connectivity index (χ4n) is 1.73. The summed E-state index contributed by atoms with van der Waals surface area (Å²) in [5.41, 5.74) is 2.01. The predicted octanol–water partition coefficient (Wildman–Crippen LogP) is 2.19. The van der Waals surface area contributed by atoms with Gasteiger partial charge in [-0.3, -0.25) is 0 Å². The molecule has 2 rings (SSSR count). The van der Waals surface area contributed by atoms with E-state index in [-0.39, 0.29) is 6.04 Å². The van der Waals surface area contributed by atoms with Crippen LogP contribution in [0.4, 0.5) is 5.95 Å². The molecule has 0 bridgehead atoms. The molecular weight excluding hydrogens is 192 g/mol. The SMILES string of the molecule is Cc1noc(C)c1C(C)Nc1ncc[nH]1. The Bertz CT molecular complexity index is 413. The van der Waals surface area contributed by atoms with Crippen molar-refractivity contribution in [2.75, 3.05) is 5.32 Å². The molecule has 15 heavy (non-hydrogen) atoms. The van der Waals surface area contributed by atoms with Crippen LogP contribution in [-0.4, -0.2) is 15.1 Å². The molecule has 0 spiro atoms. The molecule has 1 unspecified atom stereocenters. The lowest BCUT2D eigenvalue weighted by molar-refractivity contribution is 0.392. The van der Waals surface area contributed by atoms with E-state index in [1.807, 2.05) is 13.8 Å². The van der Waals surface area contributed by atoms with Gasteiger partial charge in [-0.2, -0.15) is 0 Å². The van der Waals surface area contributed by atoms with Crippen LogP contribution in [0.3, 0.4) is 0 Å². The highest BCUT2D eigenvalue weighted by molar-refractivity contribution is 5.33. The molecule has 0 aromatic carbocycles. The standard InChI is InChI=1S/C10H14N4O/c1-6(13-10-11-4-5-12-10)9-7(2)14-15-8(9)3/h4-6H,1-3H3,(H2,11,12,13). The van der Waals surface area contributed by atoms with Crippen LogP contribution < -0.4 is 5.32 Å². The Morgan fingerprint density at radius 1 is 1.47 bits per heavy atom. The van der Waals surface area contributed by atoms with Crippen LogP contribution >= 0.6 is 0 Å². The molecule has 0 fully saturated rings. The van der Waals surface area contributed by atoms with Crippen LogP contribution in [0.2, 0.25) is 0 Å². The van der Waals surface area contributed by atoms with Crippen molar-refractivity contribution in [2.45, 2.75) is 26.8 Å². The predicted molar refractivity (Wildman–Crippen MR) is 56.6 cm³/mol. The van der Waals surface area contributed by atoms with E-state index in [0.29, 0.717) is 0 Å². The van der Waals surface area contributed by atoms with Crippen molar-refractivity contribution < 1.29 is 4.52 Å². The fourth-order valence-corrected chi connectivity index (χ4v) is 1.73. The molecule has 0 amide bonds. The van der Waals surface area contributed by atoms with Crippen LogP contribution in [0.15, 0.2) is 16.9 Å². The lowest BCUT2D eigenvalue weighted by atomic mass is 10.1. The van der Waals surface area contributed by atoms with Crippen molar-refractivity contribution in [2.24, 2.45) is 0 Å². The summed E-state index contributed by atoms with van der Waals surface area (Å²) >= 11 is 0. The summed E-state index contributed by atoms with van der Waals surface area (Å²) in [5, 5.41) is 7.16. The highest BCUT2D eigenvalue weighted by Crippen LogP contribution is 2.23. The minimum absolute atomic E-state index is 0.127. The summed E-state index contributed by atoms with van der Waals surface area (Å²) in [7, 11) is 0. The van der Waals surface area contributed by atoms with Crippen LogP contribution in [0, 0.1) is 13.8 Å². The largest absolute Gasteiger partial charge is 0.361 e. The molecular formula is C10H14N4O. The summed E-state index contributed by atoms with van der Waals surface area (Å²) in [4.78, 5) is 7.10. The third kappa shape index (κ3) is 1.86. The average molecular weight is 206 g/mol. The summed E-state index contributed by atoms with van der Waals surface area (Å²) in [6, 6.07) is 0.127. The zero-order valence-corrected chi connectivity index (χ0v) is 9.03. The quantitative estimate of drug-likeness (QED) is 0.807. The molecule has 0 saturated heterocycles. The second kappa shape index (κ2) is 3.76. The van der Waals surface area contributed by atoms with Gasteiger partial charge in [-0.1, -0.05) is 5.16 Å². The molecule has 5 nitrogen and oxygen atoms in total. The van der Waals surface area contributed by atoms with Crippen LogP contribution in [0.5, 0.6) is 0 Å². The van der Waals surface area contributed by atoms with Gasteiger partial charge in [0.2, 0.25) is 5.95 Å². The second-order valence-corrected chi connectivity index (χ2v) is 3.54. The van der Waals surface area contributed by atoms with Crippen LogP contribution in [0.25, 0.3) is 0 Å². The first-order chi connectivity index (χ1) is 7.18. The summed E-state index contributed by atoms with van der Waals surface area (Å²) in [6.45, 7) is 5.90. The van der Waals surface area contributed by atoms with Gasteiger partial charge in [-0.25, -0.2) is 4.98 Å². The third-order valence-electron chi connectivity index (χ3n) is 2.37. The van der Waals surface area contributed by atoms with E-state index in [2.05, 4.69) is 27.4 Å². The monoisotopic (exact) mass is 206 g/mol. The van der Waals surface area contributed by atoms with Gasteiger partial charge in [0, 0.05) is 18.0 Å². The first-order valence-electron chi connectivity index (χ1n) is 4.87. The summed E-state index contributed by atoms with van der Waals surface area (Å²) < 4.78 is 5.11. The topological polar surface area (TPSA) is 66.7 Å². The Hall–Kier alpha value is -1.78. The molecule has 0 saturated carbocycles. The molecule has 0 aliphatic heterocycles. The normalized spacial score (nSPS) is 12.7. The lowest BCUT2D eigenvalue weighted by Crippen LogP contribution is -2.09. The van der Waals surface area contributed by atoms with Gasteiger partial charge in [0.1, 0.15) is 5.76 Å². The van der Waals surface area contributed by atoms with Crippen LogP contribution in [0.1, 0.15) is 30.0 Å². The Morgan fingerprint density at radius 3 is 2.80 bits per heavy atom. The summed E-state index contributed by atoms with van der Waals surface area (Å²) in [5.74, 6) is 1.60. The molecule has 1 atom stereocenters. The molecule has 0 aliphatic rings.